The monoisotopic (exact) mass is 434 g/mol. The number of fused-ring (bicyclic) bond motifs is 1. The minimum absolute atomic E-state index is 0.265. The third-order valence-electron chi connectivity index (χ3n) is 5.47. The number of nitrogens with zero attached hydrogens (tertiary/aromatic N) is 5. The van der Waals surface area contributed by atoms with Crippen molar-refractivity contribution in [1.29, 1.82) is 0 Å². The molecule has 0 spiro atoms. The molecule has 0 amide bonds. The molecule has 3 heterocycles. The maximum atomic E-state index is 5.88. The number of rotatable bonds is 6. The van der Waals surface area contributed by atoms with Gasteiger partial charge in [0.2, 0.25) is 5.28 Å². The third kappa shape index (κ3) is 4.69. The molecule has 1 aromatic carbocycles. The van der Waals surface area contributed by atoms with Gasteiger partial charge in [-0.25, -0.2) is 19.5 Å². The molecule has 9 heteroatoms. The first-order valence-electron chi connectivity index (χ1n) is 10.4. The van der Waals surface area contributed by atoms with Gasteiger partial charge in [0.1, 0.15) is 11.6 Å². The summed E-state index contributed by atoms with van der Waals surface area (Å²) < 4.78 is 1.81. The Morgan fingerprint density at radius 1 is 0.871 bits per heavy atom. The van der Waals surface area contributed by atoms with Gasteiger partial charge in [-0.3, -0.25) is 0 Å². The molecule has 0 bridgehead atoms. The van der Waals surface area contributed by atoms with Crippen molar-refractivity contribution < 1.29 is 0 Å². The molecule has 1 fully saturated rings. The number of halogens is 1. The van der Waals surface area contributed by atoms with Gasteiger partial charge < -0.3 is 16.0 Å². The summed E-state index contributed by atoms with van der Waals surface area (Å²) in [5.74, 6) is 1.61. The van der Waals surface area contributed by atoms with Crippen LogP contribution in [0.15, 0.2) is 61.1 Å². The SMILES string of the molecule is Clc1nccc(NC2CCC(Nc3cc(Nc4ccccc4)c4nccn4n3)CC2)n1. The van der Waals surface area contributed by atoms with Crippen LogP contribution in [0.2, 0.25) is 5.28 Å². The summed E-state index contributed by atoms with van der Waals surface area (Å²) in [6, 6.07) is 14.7. The van der Waals surface area contributed by atoms with Gasteiger partial charge in [-0.15, -0.1) is 5.10 Å². The van der Waals surface area contributed by atoms with Gasteiger partial charge in [0.05, 0.1) is 5.69 Å². The molecule has 5 rings (SSSR count). The summed E-state index contributed by atoms with van der Waals surface area (Å²) in [6.07, 6.45) is 9.47. The van der Waals surface area contributed by atoms with Crippen molar-refractivity contribution in [2.75, 3.05) is 16.0 Å². The molecule has 31 heavy (non-hydrogen) atoms. The first-order valence-corrected chi connectivity index (χ1v) is 10.8. The summed E-state index contributed by atoms with van der Waals surface area (Å²) in [4.78, 5) is 12.6. The highest BCUT2D eigenvalue weighted by atomic mass is 35.5. The Morgan fingerprint density at radius 3 is 2.35 bits per heavy atom. The van der Waals surface area contributed by atoms with Crippen LogP contribution in [0, 0.1) is 0 Å². The first kappa shape index (κ1) is 19.6. The second-order valence-electron chi connectivity index (χ2n) is 7.68. The summed E-state index contributed by atoms with van der Waals surface area (Å²) in [5, 5.41) is 15.5. The lowest BCUT2D eigenvalue weighted by atomic mass is 9.91. The topological polar surface area (TPSA) is 92.1 Å². The van der Waals surface area contributed by atoms with Crippen molar-refractivity contribution in [3.63, 3.8) is 0 Å². The fraction of sp³-hybridized carbons (Fsp3) is 0.273. The highest BCUT2D eigenvalue weighted by molar-refractivity contribution is 6.28. The van der Waals surface area contributed by atoms with E-state index in [1.165, 1.54) is 0 Å². The van der Waals surface area contributed by atoms with E-state index in [0.717, 1.165) is 54.3 Å². The summed E-state index contributed by atoms with van der Waals surface area (Å²) in [6.45, 7) is 0. The van der Waals surface area contributed by atoms with Crippen LogP contribution in [-0.4, -0.2) is 36.6 Å². The second-order valence-corrected chi connectivity index (χ2v) is 8.02. The molecule has 3 aromatic heterocycles. The molecule has 8 nitrogen and oxygen atoms in total. The van der Waals surface area contributed by atoms with E-state index in [4.69, 9.17) is 11.6 Å². The number of benzene rings is 1. The number of anilines is 4. The van der Waals surface area contributed by atoms with Crippen LogP contribution in [0.3, 0.4) is 0 Å². The molecular formula is C22H23ClN8. The lowest BCUT2D eigenvalue weighted by molar-refractivity contribution is 0.427. The minimum atomic E-state index is 0.265. The number of aromatic nitrogens is 5. The van der Waals surface area contributed by atoms with Crippen LogP contribution >= 0.6 is 11.6 Å². The maximum absolute atomic E-state index is 5.88. The Balaban J connectivity index is 1.25. The number of nitrogens with one attached hydrogen (secondary N) is 3. The molecule has 0 saturated heterocycles. The average Bonchev–Trinajstić information content (AvgIpc) is 3.25. The highest BCUT2D eigenvalue weighted by Crippen LogP contribution is 2.27. The molecule has 0 atom stereocenters. The maximum Gasteiger partial charge on any atom is 0.224 e. The van der Waals surface area contributed by atoms with Gasteiger partial charge in [-0.1, -0.05) is 18.2 Å². The van der Waals surface area contributed by atoms with Crippen molar-refractivity contribution >= 4 is 40.3 Å². The van der Waals surface area contributed by atoms with Crippen molar-refractivity contribution in [1.82, 2.24) is 24.6 Å². The Hall–Kier alpha value is -3.39. The first-order chi connectivity index (χ1) is 15.2. The van der Waals surface area contributed by atoms with Crippen LogP contribution in [0.5, 0.6) is 0 Å². The van der Waals surface area contributed by atoms with Crippen molar-refractivity contribution in [2.45, 2.75) is 37.8 Å². The third-order valence-corrected chi connectivity index (χ3v) is 5.65. The number of imidazole rings is 1. The molecule has 1 saturated carbocycles. The number of hydrogen-bond acceptors (Lipinski definition) is 7. The van der Waals surface area contributed by atoms with E-state index in [-0.39, 0.29) is 5.28 Å². The highest BCUT2D eigenvalue weighted by Gasteiger charge is 2.22. The fourth-order valence-electron chi connectivity index (χ4n) is 3.97. The van der Waals surface area contributed by atoms with Crippen LogP contribution < -0.4 is 16.0 Å². The predicted molar refractivity (Wildman–Crippen MR) is 123 cm³/mol. The quantitative estimate of drug-likeness (QED) is 0.377. The standard InChI is InChI=1S/C22H23ClN8/c23-22-25-11-10-19(29-22)27-16-6-8-17(9-7-16)28-20-14-18(21-24-12-13-31(21)30-20)26-15-4-2-1-3-5-15/h1-5,10-14,16-17,26H,6-9H2,(H,28,30)(H,25,27,29). The zero-order chi connectivity index (χ0) is 21.0. The van der Waals surface area contributed by atoms with Gasteiger partial charge in [0.15, 0.2) is 5.65 Å². The molecule has 1 aliphatic carbocycles. The lowest BCUT2D eigenvalue weighted by Gasteiger charge is -2.30. The van der Waals surface area contributed by atoms with Gasteiger partial charge in [-0.2, -0.15) is 0 Å². The van der Waals surface area contributed by atoms with Crippen molar-refractivity contribution in [3.8, 4) is 0 Å². The van der Waals surface area contributed by atoms with E-state index in [1.807, 2.05) is 48.7 Å². The minimum Gasteiger partial charge on any atom is -0.367 e. The van der Waals surface area contributed by atoms with E-state index >= 15 is 0 Å². The normalized spacial score (nSPS) is 18.6. The average molecular weight is 435 g/mol. The summed E-state index contributed by atoms with van der Waals surface area (Å²) in [5.41, 5.74) is 2.73. The Morgan fingerprint density at radius 2 is 1.61 bits per heavy atom. The van der Waals surface area contributed by atoms with Crippen LogP contribution in [0.25, 0.3) is 5.65 Å². The molecular weight excluding hydrogens is 412 g/mol. The lowest BCUT2D eigenvalue weighted by Crippen LogP contribution is -2.33. The number of hydrogen-bond donors (Lipinski definition) is 3. The van der Waals surface area contributed by atoms with Gasteiger partial charge in [0.25, 0.3) is 0 Å². The van der Waals surface area contributed by atoms with Gasteiger partial charge in [-0.05, 0) is 55.5 Å². The van der Waals surface area contributed by atoms with Gasteiger partial charge in [0, 0.05) is 42.4 Å². The largest absolute Gasteiger partial charge is 0.367 e. The van der Waals surface area contributed by atoms with Gasteiger partial charge >= 0.3 is 0 Å². The van der Waals surface area contributed by atoms with E-state index in [2.05, 4.69) is 36.0 Å². The molecule has 3 N–H and O–H groups in total. The molecule has 158 valence electrons. The number of para-hydroxylation sites is 1. The Labute approximate surface area is 185 Å². The van der Waals surface area contributed by atoms with Crippen LogP contribution in [-0.2, 0) is 0 Å². The Kier molecular flexibility index (Phi) is 5.54. The van der Waals surface area contributed by atoms with Crippen LogP contribution in [0.1, 0.15) is 25.7 Å². The zero-order valence-electron chi connectivity index (χ0n) is 16.9. The smallest absolute Gasteiger partial charge is 0.224 e. The van der Waals surface area contributed by atoms with Crippen molar-refractivity contribution in [3.05, 3.63) is 66.3 Å². The molecule has 0 unspecified atom stereocenters. The van der Waals surface area contributed by atoms with E-state index < -0.39 is 0 Å². The van der Waals surface area contributed by atoms with Crippen molar-refractivity contribution in [2.24, 2.45) is 0 Å². The second kappa shape index (κ2) is 8.77. The summed E-state index contributed by atoms with van der Waals surface area (Å²) >= 11 is 5.88. The molecule has 4 aromatic rings. The molecule has 0 aliphatic heterocycles. The Bertz CT molecular complexity index is 1150. The van der Waals surface area contributed by atoms with Crippen LogP contribution in [0.4, 0.5) is 23.0 Å². The summed E-state index contributed by atoms with van der Waals surface area (Å²) in [7, 11) is 0. The molecule has 1 aliphatic rings. The van der Waals surface area contributed by atoms with E-state index in [1.54, 1.807) is 16.9 Å². The zero-order valence-corrected chi connectivity index (χ0v) is 17.6. The van der Waals surface area contributed by atoms with E-state index in [0.29, 0.717) is 12.1 Å². The molecule has 0 radical (unpaired) electrons. The van der Waals surface area contributed by atoms with E-state index in [9.17, 15) is 0 Å². The predicted octanol–water partition coefficient (Wildman–Crippen LogP) is 4.75. The fourth-order valence-corrected chi connectivity index (χ4v) is 4.12.